The van der Waals surface area contributed by atoms with Gasteiger partial charge in [0.25, 0.3) is 0 Å². The molecule has 0 amide bonds. The zero-order valence-electron chi connectivity index (χ0n) is 11.0. The highest BCUT2D eigenvalue weighted by atomic mass is 32.2. The van der Waals surface area contributed by atoms with Crippen LogP contribution in [0.2, 0.25) is 0 Å². The molecule has 0 saturated heterocycles. The lowest BCUT2D eigenvalue weighted by Gasteiger charge is -2.21. The monoisotopic (exact) mass is 308 g/mol. The molecule has 0 spiro atoms. The Hall–Kier alpha value is -0.730. The summed E-state index contributed by atoms with van der Waals surface area (Å²) in [7, 11) is -2.06. The van der Waals surface area contributed by atoms with Crippen molar-refractivity contribution in [2.24, 2.45) is 5.73 Å². The van der Waals surface area contributed by atoms with Crippen LogP contribution in [-0.4, -0.2) is 49.1 Å². The molecule has 0 aromatic carbocycles. The van der Waals surface area contributed by atoms with Crippen molar-refractivity contribution in [1.29, 1.82) is 0 Å². The molecule has 1 fully saturated rings. The van der Waals surface area contributed by atoms with Crippen molar-refractivity contribution in [3.63, 3.8) is 0 Å². The number of methoxy groups -OCH3 is 1. The zero-order chi connectivity index (χ0) is 14.5. The van der Waals surface area contributed by atoms with E-state index in [1.807, 2.05) is 0 Å². The van der Waals surface area contributed by atoms with Crippen molar-refractivity contribution in [2.45, 2.75) is 38.1 Å². The van der Waals surface area contributed by atoms with Crippen molar-refractivity contribution < 1.29 is 17.9 Å². The van der Waals surface area contributed by atoms with Crippen LogP contribution in [0.3, 0.4) is 0 Å². The van der Waals surface area contributed by atoms with Gasteiger partial charge in [-0.15, -0.1) is 0 Å². The van der Waals surface area contributed by atoms with Crippen molar-refractivity contribution >= 4 is 33.2 Å². The Balaban J connectivity index is 2.51. The maximum Gasteiger partial charge on any atom is 0.305 e. The largest absolute Gasteiger partial charge is 0.469 e. The highest BCUT2D eigenvalue weighted by Gasteiger charge is 2.36. The second-order valence-electron chi connectivity index (χ2n) is 4.55. The molecule has 8 heteroatoms. The van der Waals surface area contributed by atoms with Gasteiger partial charge in [0.1, 0.15) is 0 Å². The number of carbonyl (C=O) groups excluding carboxylic acids is 1. The van der Waals surface area contributed by atoms with Gasteiger partial charge in [0.15, 0.2) is 0 Å². The highest BCUT2D eigenvalue weighted by molar-refractivity contribution is 7.89. The lowest BCUT2D eigenvalue weighted by atomic mass is 10.3. The number of ether oxygens (including phenoxy) is 1. The van der Waals surface area contributed by atoms with E-state index in [9.17, 15) is 13.2 Å². The van der Waals surface area contributed by atoms with Crippen LogP contribution in [-0.2, 0) is 19.6 Å². The smallest absolute Gasteiger partial charge is 0.305 e. The summed E-state index contributed by atoms with van der Waals surface area (Å²) in [6.45, 7) is 0.334. The number of carbonyl (C=O) groups is 1. The van der Waals surface area contributed by atoms with Gasteiger partial charge in [0.2, 0.25) is 10.0 Å². The first-order valence-electron chi connectivity index (χ1n) is 6.21. The summed E-state index contributed by atoms with van der Waals surface area (Å²) in [6.07, 6.45) is 2.54. The van der Waals surface area contributed by atoms with Crippen LogP contribution >= 0.6 is 12.2 Å². The fourth-order valence-corrected chi connectivity index (χ4v) is 3.62. The topological polar surface area (TPSA) is 89.7 Å². The summed E-state index contributed by atoms with van der Waals surface area (Å²) in [5, 5.41) is 0. The minimum Gasteiger partial charge on any atom is -0.469 e. The third-order valence-corrected chi connectivity index (χ3v) is 5.10. The number of nitrogens with zero attached hydrogens (tertiary/aromatic N) is 1. The minimum atomic E-state index is -3.35. The number of nitrogens with two attached hydrogens (primary N) is 1. The predicted molar refractivity (Wildman–Crippen MR) is 76.2 cm³/mol. The van der Waals surface area contributed by atoms with Crippen LogP contribution in [0.4, 0.5) is 0 Å². The SMILES string of the molecule is COC(=O)CCCS(=O)(=O)N(CCC(N)=S)C1CC1. The van der Waals surface area contributed by atoms with Crippen LogP contribution in [0.25, 0.3) is 0 Å². The van der Waals surface area contributed by atoms with Crippen LogP contribution in [0, 0.1) is 0 Å². The van der Waals surface area contributed by atoms with Gasteiger partial charge in [-0.3, -0.25) is 4.79 Å². The van der Waals surface area contributed by atoms with E-state index in [2.05, 4.69) is 4.74 Å². The Labute approximate surface area is 119 Å². The molecule has 0 unspecified atom stereocenters. The number of thiocarbonyl (C=S) groups is 1. The van der Waals surface area contributed by atoms with Gasteiger partial charge >= 0.3 is 5.97 Å². The Bertz CT molecular complexity index is 432. The summed E-state index contributed by atoms with van der Waals surface area (Å²) < 4.78 is 30.3. The van der Waals surface area contributed by atoms with Crippen molar-refractivity contribution in [3.8, 4) is 0 Å². The first-order chi connectivity index (χ1) is 8.86. The van der Waals surface area contributed by atoms with E-state index in [0.29, 0.717) is 18.0 Å². The molecule has 1 aliphatic carbocycles. The Morgan fingerprint density at radius 3 is 2.53 bits per heavy atom. The maximum atomic E-state index is 12.2. The number of hydrogen-bond acceptors (Lipinski definition) is 5. The second kappa shape index (κ2) is 7.16. The molecule has 0 radical (unpaired) electrons. The van der Waals surface area contributed by atoms with E-state index in [-0.39, 0.29) is 24.6 Å². The molecule has 0 bridgehead atoms. The van der Waals surface area contributed by atoms with E-state index in [4.69, 9.17) is 18.0 Å². The van der Waals surface area contributed by atoms with Crippen molar-refractivity contribution in [1.82, 2.24) is 4.31 Å². The molecule has 0 aromatic rings. The molecule has 1 aliphatic rings. The van der Waals surface area contributed by atoms with Gasteiger partial charge in [-0.25, -0.2) is 8.42 Å². The van der Waals surface area contributed by atoms with E-state index in [0.717, 1.165) is 12.8 Å². The minimum absolute atomic E-state index is 0.0457. The maximum absolute atomic E-state index is 12.2. The van der Waals surface area contributed by atoms with Crippen LogP contribution in [0.5, 0.6) is 0 Å². The highest BCUT2D eigenvalue weighted by Crippen LogP contribution is 2.29. The van der Waals surface area contributed by atoms with Crippen LogP contribution in [0.15, 0.2) is 0 Å². The fourth-order valence-electron chi connectivity index (χ4n) is 1.75. The Kier molecular flexibility index (Phi) is 6.15. The lowest BCUT2D eigenvalue weighted by molar-refractivity contribution is -0.140. The average Bonchev–Trinajstić information content (AvgIpc) is 3.12. The van der Waals surface area contributed by atoms with E-state index in [1.165, 1.54) is 11.4 Å². The van der Waals surface area contributed by atoms with Crippen LogP contribution in [0.1, 0.15) is 32.1 Å². The van der Waals surface area contributed by atoms with Gasteiger partial charge in [0.05, 0.1) is 17.9 Å². The fraction of sp³-hybridized carbons (Fsp3) is 0.818. The molecule has 1 saturated carbocycles. The summed E-state index contributed by atoms with van der Waals surface area (Å²) in [5.41, 5.74) is 5.41. The molecular formula is C11H20N2O4S2. The van der Waals surface area contributed by atoms with E-state index < -0.39 is 16.0 Å². The quantitative estimate of drug-likeness (QED) is 0.490. The number of esters is 1. The van der Waals surface area contributed by atoms with Crippen LogP contribution < -0.4 is 5.73 Å². The molecule has 110 valence electrons. The summed E-state index contributed by atoms with van der Waals surface area (Å²) in [5.74, 6) is -0.438. The molecule has 0 atom stereocenters. The molecule has 0 heterocycles. The standard InChI is InChI=1S/C11H20N2O4S2/c1-17-11(14)3-2-8-19(15,16)13(9-4-5-9)7-6-10(12)18/h9H,2-8H2,1H3,(H2,12,18). The van der Waals surface area contributed by atoms with Crippen molar-refractivity contribution in [3.05, 3.63) is 0 Å². The first kappa shape index (κ1) is 16.3. The predicted octanol–water partition coefficient (Wildman–Crippen LogP) is 0.410. The molecule has 6 nitrogen and oxygen atoms in total. The van der Waals surface area contributed by atoms with Gasteiger partial charge in [-0.2, -0.15) is 4.31 Å². The molecule has 1 rings (SSSR count). The van der Waals surface area contributed by atoms with E-state index >= 15 is 0 Å². The van der Waals surface area contributed by atoms with Gasteiger partial charge < -0.3 is 10.5 Å². The van der Waals surface area contributed by atoms with Gasteiger partial charge in [0, 0.05) is 25.4 Å². The van der Waals surface area contributed by atoms with Gasteiger partial charge in [-0.1, -0.05) is 12.2 Å². The third kappa shape index (κ3) is 5.84. The van der Waals surface area contributed by atoms with Crippen molar-refractivity contribution in [2.75, 3.05) is 19.4 Å². The molecule has 19 heavy (non-hydrogen) atoms. The molecule has 0 aliphatic heterocycles. The third-order valence-electron chi connectivity index (χ3n) is 2.90. The van der Waals surface area contributed by atoms with E-state index in [1.54, 1.807) is 0 Å². The lowest BCUT2D eigenvalue weighted by Crippen LogP contribution is -2.37. The first-order valence-corrected chi connectivity index (χ1v) is 8.23. The zero-order valence-corrected chi connectivity index (χ0v) is 12.6. The number of hydrogen-bond donors (Lipinski definition) is 1. The Morgan fingerprint density at radius 2 is 2.05 bits per heavy atom. The second-order valence-corrected chi connectivity index (χ2v) is 7.12. The number of rotatable bonds is 9. The average molecular weight is 308 g/mol. The summed E-state index contributed by atoms with van der Waals surface area (Å²) in [6, 6.07) is 0.0810. The number of sulfonamides is 1. The van der Waals surface area contributed by atoms with Gasteiger partial charge in [-0.05, 0) is 19.3 Å². The molecule has 2 N–H and O–H groups in total. The molecular weight excluding hydrogens is 288 g/mol. The summed E-state index contributed by atoms with van der Waals surface area (Å²) in [4.78, 5) is 11.3. The normalized spacial score (nSPS) is 15.5. The Morgan fingerprint density at radius 1 is 1.42 bits per heavy atom. The summed E-state index contributed by atoms with van der Waals surface area (Å²) >= 11 is 4.78. The molecule has 0 aromatic heterocycles.